The van der Waals surface area contributed by atoms with E-state index in [1.807, 2.05) is 6.07 Å². The first-order valence-electron chi connectivity index (χ1n) is 5.59. The highest BCUT2D eigenvalue weighted by molar-refractivity contribution is 7.98. The molecule has 0 aliphatic carbocycles. The minimum Gasteiger partial charge on any atom is -0.508 e. The minimum atomic E-state index is 0.422. The third-order valence-corrected chi connectivity index (χ3v) is 3.74. The van der Waals surface area contributed by atoms with Crippen LogP contribution in [0, 0.1) is 0 Å². The quantitative estimate of drug-likeness (QED) is 0.783. The zero-order valence-corrected chi connectivity index (χ0v) is 10.4. The Morgan fingerprint density at radius 1 is 1.38 bits per heavy atom. The molecule has 1 heterocycles. The van der Waals surface area contributed by atoms with Crippen molar-refractivity contribution in [2.75, 3.05) is 32.4 Å². The maximum Gasteiger partial charge on any atom is 0.121 e. The van der Waals surface area contributed by atoms with Crippen LogP contribution in [-0.4, -0.2) is 42.4 Å². The van der Waals surface area contributed by atoms with Gasteiger partial charge in [-0.15, -0.1) is 11.8 Å². The van der Waals surface area contributed by atoms with Crippen molar-refractivity contribution in [3.63, 3.8) is 0 Å². The molecule has 88 valence electrons. The monoisotopic (exact) mass is 238 g/mol. The number of phenols is 1. The van der Waals surface area contributed by atoms with Crippen molar-refractivity contribution in [3.8, 4) is 5.75 Å². The molecular weight excluding hydrogens is 220 g/mol. The van der Waals surface area contributed by atoms with E-state index in [1.165, 1.54) is 4.90 Å². The molecule has 0 saturated carbocycles. The maximum absolute atomic E-state index is 9.90. The fourth-order valence-electron chi connectivity index (χ4n) is 2.00. The van der Waals surface area contributed by atoms with Crippen LogP contribution in [0.3, 0.4) is 0 Å². The number of aromatic hydroxyl groups is 1. The molecule has 0 bridgehead atoms. The lowest BCUT2D eigenvalue weighted by Gasteiger charge is -2.28. The van der Waals surface area contributed by atoms with Crippen molar-refractivity contribution in [2.45, 2.75) is 11.4 Å². The molecule has 16 heavy (non-hydrogen) atoms. The molecule has 0 unspecified atom stereocenters. The third kappa shape index (κ3) is 2.70. The molecule has 0 spiro atoms. The van der Waals surface area contributed by atoms with Crippen molar-refractivity contribution in [2.24, 2.45) is 0 Å². The molecule has 1 saturated heterocycles. The SMILES string of the molecule is CSc1cccc(O)c1CN1CCNCC1. The van der Waals surface area contributed by atoms with Gasteiger partial charge in [0.2, 0.25) is 0 Å². The summed E-state index contributed by atoms with van der Waals surface area (Å²) in [6, 6.07) is 5.75. The topological polar surface area (TPSA) is 35.5 Å². The van der Waals surface area contributed by atoms with Gasteiger partial charge in [-0.2, -0.15) is 0 Å². The van der Waals surface area contributed by atoms with Crippen LogP contribution in [0.1, 0.15) is 5.56 Å². The first-order chi connectivity index (χ1) is 7.81. The van der Waals surface area contributed by atoms with Gasteiger partial charge < -0.3 is 10.4 Å². The van der Waals surface area contributed by atoms with Gasteiger partial charge in [-0.3, -0.25) is 4.90 Å². The second kappa shape index (κ2) is 5.57. The van der Waals surface area contributed by atoms with E-state index in [1.54, 1.807) is 17.8 Å². The van der Waals surface area contributed by atoms with E-state index in [0.29, 0.717) is 5.75 Å². The Bertz CT molecular complexity index is 351. The molecule has 0 amide bonds. The Labute approximate surface area is 101 Å². The van der Waals surface area contributed by atoms with E-state index in [2.05, 4.69) is 22.5 Å². The molecule has 3 nitrogen and oxygen atoms in total. The van der Waals surface area contributed by atoms with Gasteiger partial charge in [0, 0.05) is 43.2 Å². The number of phenolic OH excluding ortho intramolecular Hbond substituents is 1. The second-order valence-electron chi connectivity index (χ2n) is 3.98. The lowest BCUT2D eigenvalue weighted by atomic mass is 10.1. The number of benzene rings is 1. The Morgan fingerprint density at radius 3 is 2.81 bits per heavy atom. The number of piperazine rings is 1. The van der Waals surface area contributed by atoms with Gasteiger partial charge in [-0.1, -0.05) is 6.07 Å². The molecule has 1 aromatic carbocycles. The summed E-state index contributed by atoms with van der Waals surface area (Å²) in [7, 11) is 0. The molecular formula is C12H18N2OS. The van der Waals surface area contributed by atoms with Crippen molar-refractivity contribution in [3.05, 3.63) is 23.8 Å². The van der Waals surface area contributed by atoms with Crippen LogP contribution in [0.2, 0.25) is 0 Å². The standard InChI is InChI=1S/C12H18N2OS/c1-16-12-4-2-3-11(15)10(12)9-14-7-5-13-6-8-14/h2-4,13,15H,5-9H2,1H3. The number of hydrogen-bond donors (Lipinski definition) is 2. The molecule has 1 aromatic rings. The van der Waals surface area contributed by atoms with E-state index in [0.717, 1.165) is 38.3 Å². The molecule has 0 aromatic heterocycles. The van der Waals surface area contributed by atoms with Crippen molar-refractivity contribution < 1.29 is 5.11 Å². The fraction of sp³-hybridized carbons (Fsp3) is 0.500. The summed E-state index contributed by atoms with van der Waals surface area (Å²) in [6.45, 7) is 5.05. The minimum absolute atomic E-state index is 0.422. The van der Waals surface area contributed by atoms with Gasteiger partial charge in [0.15, 0.2) is 0 Å². The number of nitrogens with one attached hydrogen (secondary N) is 1. The van der Waals surface area contributed by atoms with E-state index >= 15 is 0 Å². The van der Waals surface area contributed by atoms with Gasteiger partial charge in [0.1, 0.15) is 5.75 Å². The van der Waals surface area contributed by atoms with Crippen molar-refractivity contribution >= 4 is 11.8 Å². The Morgan fingerprint density at radius 2 is 2.12 bits per heavy atom. The van der Waals surface area contributed by atoms with E-state index in [9.17, 15) is 5.11 Å². The van der Waals surface area contributed by atoms with Crippen molar-refractivity contribution in [1.82, 2.24) is 10.2 Å². The first-order valence-corrected chi connectivity index (χ1v) is 6.81. The predicted molar refractivity (Wildman–Crippen MR) is 68.0 cm³/mol. The average Bonchev–Trinajstić information content (AvgIpc) is 2.33. The Balaban J connectivity index is 2.12. The zero-order valence-electron chi connectivity index (χ0n) is 9.57. The third-order valence-electron chi connectivity index (χ3n) is 2.92. The summed E-state index contributed by atoms with van der Waals surface area (Å²) < 4.78 is 0. The number of nitrogens with zero attached hydrogens (tertiary/aromatic N) is 1. The highest BCUT2D eigenvalue weighted by Crippen LogP contribution is 2.29. The largest absolute Gasteiger partial charge is 0.508 e. The van der Waals surface area contributed by atoms with Crippen molar-refractivity contribution in [1.29, 1.82) is 0 Å². The van der Waals surface area contributed by atoms with E-state index in [-0.39, 0.29) is 0 Å². The molecule has 1 aliphatic rings. The summed E-state index contributed by atoms with van der Waals surface area (Å²) >= 11 is 1.70. The Kier molecular flexibility index (Phi) is 4.09. The predicted octanol–water partition coefficient (Wildman–Crippen LogP) is 1.52. The van der Waals surface area contributed by atoms with Gasteiger partial charge >= 0.3 is 0 Å². The highest BCUT2D eigenvalue weighted by Gasteiger charge is 2.14. The van der Waals surface area contributed by atoms with Crippen LogP contribution < -0.4 is 5.32 Å². The Hall–Kier alpha value is -0.710. The number of rotatable bonds is 3. The normalized spacial score (nSPS) is 17.6. The molecule has 2 rings (SSSR count). The summed E-state index contributed by atoms with van der Waals surface area (Å²) in [5, 5.41) is 13.2. The van der Waals surface area contributed by atoms with Gasteiger partial charge in [0.25, 0.3) is 0 Å². The second-order valence-corrected chi connectivity index (χ2v) is 4.83. The molecule has 1 aliphatic heterocycles. The summed E-state index contributed by atoms with van der Waals surface area (Å²) in [5.74, 6) is 0.422. The molecule has 0 atom stereocenters. The number of thioether (sulfide) groups is 1. The van der Waals surface area contributed by atoms with Crippen LogP contribution >= 0.6 is 11.8 Å². The van der Waals surface area contributed by atoms with Crippen LogP contribution in [0.15, 0.2) is 23.1 Å². The lowest BCUT2D eigenvalue weighted by molar-refractivity contribution is 0.229. The summed E-state index contributed by atoms with van der Waals surface area (Å²) in [6.07, 6.45) is 2.05. The van der Waals surface area contributed by atoms with E-state index in [4.69, 9.17) is 0 Å². The molecule has 1 fully saturated rings. The smallest absolute Gasteiger partial charge is 0.121 e. The highest BCUT2D eigenvalue weighted by atomic mass is 32.2. The van der Waals surface area contributed by atoms with E-state index < -0.39 is 0 Å². The molecule has 2 N–H and O–H groups in total. The maximum atomic E-state index is 9.90. The first kappa shape index (κ1) is 11.8. The summed E-state index contributed by atoms with van der Waals surface area (Å²) in [4.78, 5) is 3.56. The van der Waals surface area contributed by atoms with Gasteiger partial charge in [0.05, 0.1) is 0 Å². The lowest BCUT2D eigenvalue weighted by Crippen LogP contribution is -2.42. The van der Waals surface area contributed by atoms with Gasteiger partial charge in [-0.05, 0) is 18.4 Å². The summed E-state index contributed by atoms with van der Waals surface area (Å²) in [5.41, 5.74) is 1.07. The molecule has 4 heteroatoms. The van der Waals surface area contributed by atoms with Crippen LogP contribution in [0.5, 0.6) is 5.75 Å². The van der Waals surface area contributed by atoms with Crippen LogP contribution in [-0.2, 0) is 6.54 Å². The van der Waals surface area contributed by atoms with Crippen LogP contribution in [0.4, 0.5) is 0 Å². The fourth-order valence-corrected chi connectivity index (χ4v) is 2.63. The van der Waals surface area contributed by atoms with Gasteiger partial charge in [-0.25, -0.2) is 0 Å². The zero-order chi connectivity index (χ0) is 11.4. The average molecular weight is 238 g/mol. The molecule has 0 radical (unpaired) electrons. The van der Waals surface area contributed by atoms with Crippen LogP contribution in [0.25, 0.3) is 0 Å². The number of hydrogen-bond acceptors (Lipinski definition) is 4.